The summed E-state index contributed by atoms with van der Waals surface area (Å²) in [5.41, 5.74) is 4.89. The minimum absolute atomic E-state index is 0.679. The normalized spacial score (nSPS) is 15.7. The van der Waals surface area contributed by atoms with Crippen LogP contribution in [0.1, 0.15) is 65.1 Å². The van der Waals surface area contributed by atoms with Gasteiger partial charge in [0.15, 0.2) is 6.29 Å². The van der Waals surface area contributed by atoms with Crippen molar-refractivity contribution in [1.82, 2.24) is 0 Å². The van der Waals surface area contributed by atoms with Crippen molar-refractivity contribution < 1.29 is 4.79 Å². The summed E-state index contributed by atoms with van der Waals surface area (Å²) in [4.78, 5) is 11.8. The van der Waals surface area contributed by atoms with Crippen molar-refractivity contribution in [2.24, 2.45) is 0 Å². The van der Waals surface area contributed by atoms with Crippen LogP contribution in [0, 0.1) is 13.8 Å². The molecule has 0 unspecified atom stereocenters. The molecular weight excluding hydrogens is 364 g/mol. The van der Waals surface area contributed by atoms with E-state index in [1.54, 1.807) is 5.56 Å². The third-order valence-corrected chi connectivity index (χ3v) is 7.55. The van der Waals surface area contributed by atoms with Gasteiger partial charge < -0.3 is 0 Å². The van der Waals surface area contributed by atoms with E-state index in [-0.39, 0.29) is 0 Å². The first-order valence-electron chi connectivity index (χ1n) is 11.3. The van der Waals surface area contributed by atoms with Gasteiger partial charge >= 0.3 is 0 Å². The van der Waals surface area contributed by atoms with Gasteiger partial charge in [-0.05, 0) is 92.4 Å². The van der Waals surface area contributed by atoms with E-state index in [1.165, 1.54) is 80.9 Å². The highest BCUT2D eigenvalue weighted by molar-refractivity contribution is 6.34. The second-order valence-electron chi connectivity index (χ2n) is 9.22. The first-order chi connectivity index (χ1) is 14.7. The molecule has 1 aliphatic carbocycles. The van der Waals surface area contributed by atoms with E-state index in [0.717, 1.165) is 17.2 Å². The van der Waals surface area contributed by atoms with E-state index < -0.39 is 0 Å². The summed E-state index contributed by atoms with van der Waals surface area (Å²) in [6, 6.07) is 18.0. The largest absolute Gasteiger partial charge is 0.298 e. The summed E-state index contributed by atoms with van der Waals surface area (Å²) < 4.78 is 0. The molecule has 0 atom stereocenters. The van der Waals surface area contributed by atoms with Crippen LogP contribution in [-0.4, -0.2) is 6.29 Å². The van der Waals surface area contributed by atoms with Crippen molar-refractivity contribution in [1.29, 1.82) is 0 Å². The molecule has 5 aromatic carbocycles. The van der Waals surface area contributed by atoms with Gasteiger partial charge in [0, 0.05) is 5.56 Å². The monoisotopic (exact) mass is 390 g/mol. The fourth-order valence-corrected chi connectivity index (χ4v) is 6.15. The van der Waals surface area contributed by atoms with Crippen LogP contribution in [0.5, 0.6) is 0 Å². The highest BCUT2D eigenvalue weighted by Crippen LogP contribution is 2.46. The molecule has 0 heterocycles. The van der Waals surface area contributed by atoms with Crippen LogP contribution in [0.3, 0.4) is 0 Å². The fraction of sp³-hybridized carbons (Fsp3) is 0.276. The fourth-order valence-electron chi connectivity index (χ4n) is 6.15. The number of carbonyl (C=O) groups excluding carboxylic acids is 1. The van der Waals surface area contributed by atoms with Crippen LogP contribution in [-0.2, 0) is 0 Å². The molecule has 5 aromatic rings. The molecule has 0 amide bonds. The Morgan fingerprint density at radius 2 is 1.17 bits per heavy atom. The van der Waals surface area contributed by atoms with Crippen LogP contribution in [0.25, 0.3) is 43.1 Å². The molecule has 0 saturated heterocycles. The topological polar surface area (TPSA) is 17.1 Å². The molecule has 0 bridgehead atoms. The third-order valence-electron chi connectivity index (χ3n) is 7.55. The Bertz CT molecular complexity index is 1430. The lowest BCUT2D eigenvalue weighted by Gasteiger charge is -2.26. The molecular formula is C29H26O. The van der Waals surface area contributed by atoms with E-state index in [9.17, 15) is 4.79 Å². The second kappa shape index (κ2) is 6.54. The molecule has 1 heteroatoms. The lowest BCUT2D eigenvalue weighted by molar-refractivity contribution is 0.112. The minimum Gasteiger partial charge on any atom is -0.298 e. The van der Waals surface area contributed by atoms with Crippen LogP contribution in [0.15, 0.2) is 48.5 Å². The van der Waals surface area contributed by atoms with Crippen LogP contribution >= 0.6 is 0 Å². The average Bonchev–Trinajstić information content (AvgIpc) is 2.79. The lowest BCUT2D eigenvalue weighted by atomic mass is 9.79. The smallest absolute Gasteiger partial charge is 0.150 e. The molecule has 0 aliphatic heterocycles. The maximum Gasteiger partial charge on any atom is 0.150 e. The summed E-state index contributed by atoms with van der Waals surface area (Å²) in [7, 11) is 0. The van der Waals surface area contributed by atoms with Gasteiger partial charge in [-0.15, -0.1) is 0 Å². The van der Waals surface area contributed by atoms with Crippen LogP contribution in [0.2, 0.25) is 0 Å². The number of aldehydes is 1. The molecule has 0 spiro atoms. The molecule has 0 N–H and O–H groups in total. The number of benzene rings is 5. The van der Waals surface area contributed by atoms with Crippen molar-refractivity contribution in [2.75, 3.05) is 0 Å². The van der Waals surface area contributed by atoms with Gasteiger partial charge in [0.2, 0.25) is 0 Å². The number of hydrogen-bond donors (Lipinski definition) is 0. The summed E-state index contributed by atoms with van der Waals surface area (Å²) in [6.07, 6.45) is 7.70. The maximum atomic E-state index is 11.8. The van der Waals surface area contributed by atoms with Gasteiger partial charge in [-0.2, -0.15) is 0 Å². The average molecular weight is 391 g/mol. The van der Waals surface area contributed by atoms with Crippen LogP contribution in [0.4, 0.5) is 0 Å². The van der Waals surface area contributed by atoms with E-state index in [2.05, 4.69) is 56.3 Å². The zero-order valence-electron chi connectivity index (χ0n) is 17.7. The van der Waals surface area contributed by atoms with Gasteiger partial charge in [0.1, 0.15) is 0 Å². The van der Waals surface area contributed by atoms with E-state index in [4.69, 9.17) is 0 Å². The molecule has 1 aliphatic rings. The van der Waals surface area contributed by atoms with Crippen molar-refractivity contribution in [3.63, 3.8) is 0 Å². The molecule has 0 radical (unpaired) electrons. The molecule has 148 valence electrons. The second-order valence-corrected chi connectivity index (χ2v) is 9.22. The predicted molar refractivity (Wildman–Crippen MR) is 128 cm³/mol. The Labute approximate surface area is 177 Å². The minimum atomic E-state index is 0.679. The summed E-state index contributed by atoms with van der Waals surface area (Å²) in [5.74, 6) is 0.679. The maximum absolute atomic E-state index is 11.8. The molecule has 1 fully saturated rings. The van der Waals surface area contributed by atoms with Crippen molar-refractivity contribution in [3.05, 3.63) is 70.8 Å². The Hall–Kier alpha value is -2.93. The van der Waals surface area contributed by atoms with Gasteiger partial charge in [-0.3, -0.25) is 4.79 Å². The molecule has 1 nitrogen and oxygen atoms in total. The zero-order valence-corrected chi connectivity index (χ0v) is 17.7. The Kier molecular flexibility index (Phi) is 3.90. The van der Waals surface area contributed by atoms with Gasteiger partial charge in [-0.25, -0.2) is 0 Å². The van der Waals surface area contributed by atoms with Crippen molar-refractivity contribution in [3.8, 4) is 0 Å². The quantitative estimate of drug-likeness (QED) is 0.169. The molecule has 1 saturated carbocycles. The van der Waals surface area contributed by atoms with Gasteiger partial charge in [0.05, 0.1) is 0 Å². The van der Waals surface area contributed by atoms with Crippen LogP contribution < -0.4 is 0 Å². The third kappa shape index (κ3) is 2.32. The van der Waals surface area contributed by atoms with Gasteiger partial charge in [-0.1, -0.05) is 67.8 Å². The van der Waals surface area contributed by atoms with E-state index >= 15 is 0 Å². The Morgan fingerprint density at radius 1 is 0.633 bits per heavy atom. The first-order valence-corrected chi connectivity index (χ1v) is 11.3. The Balaban J connectivity index is 1.84. The molecule has 30 heavy (non-hydrogen) atoms. The molecule has 6 rings (SSSR count). The Morgan fingerprint density at radius 3 is 1.80 bits per heavy atom. The highest BCUT2D eigenvalue weighted by Gasteiger charge is 2.22. The lowest BCUT2D eigenvalue weighted by Crippen LogP contribution is -2.06. The summed E-state index contributed by atoms with van der Waals surface area (Å²) in [5, 5.41) is 10.4. The highest BCUT2D eigenvalue weighted by atomic mass is 16.1. The zero-order chi connectivity index (χ0) is 20.4. The number of aryl methyl sites for hydroxylation is 2. The van der Waals surface area contributed by atoms with Crippen molar-refractivity contribution >= 4 is 49.4 Å². The number of carbonyl (C=O) groups is 1. The standard InChI is InChI=1S/C29H26O/c1-17-8-11-22-25-15-14-21(19-6-4-3-5-7-19)27-18(2)9-12-23(29(25)27)24-13-10-20(16-30)26(17)28(22)24/h8-16,19H,3-7H2,1-2H3. The SMILES string of the molecule is Cc1ccc2c3ccc(C4CCCCC4)c4c(C)ccc(c5ccc(C=O)c1c52)c43. The number of rotatable bonds is 2. The summed E-state index contributed by atoms with van der Waals surface area (Å²) >= 11 is 0. The number of fused-ring (bicyclic) bond motifs is 2. The number of hydrogen-bond acceptors (Lipinski definition) is 1. The van der Waals surface area contributed by atoms with E-state index in [1.807, 2.05) is 6.07 Å². The first kappa shape index (κ1) is 17.9. The predicted octanol–water partition coefficient (Wildman–Crippen LogP) is 8.21. The molecule has 0 aromatic heterocycles. The van der Waals surface area contributed by atoms with Crippen molar-refractivity contribution in [2.45, 2.75) is 51.9 Å². The van der Waals surface area contributed by atoms with Gasteiger partial charge in [0.25, 0.3) is 0 Å². The summed E-state index contributed by atoms with van der Waals surface area (Å²) in [6.45, 7) is 4.38. The van der Waals surface area contributed by atoms with E-state index in [0.29, 0.717) is 5.92 Å².